The molecule has 1 amide bonds. The van der Waals surface area contributed by atoms with Gasteiger partial charge in [0, 0.05) is 23.2 Å². The third-order valence-corrected chi connectivity index (χ3v) is 4.11. The van der Waals surface area contributed by atoms with Crippen LogP contribution in [0.1, 0.15) is 15.9 Å². The van der Waals surface area contributed by atoms with Crippen molar-refractivity contribution in [3.8, 4) is 16.9 Å². The van der Waals surface area contributed by atoms with Crippen LogP contribution < -0.4 is 14.6 Å². The molecule has 0 saturated heterocycles. The first-order valence-corrected chi connectivity index (χ1v) is 7.68. The first-order valence-electron chi connectivity index (χ1n) is 6.27. The predicted molar refractivity (Wildman–Crippen MR) is 76.7 cm³/mol. The second-order valence-electron chi connectivity index (χ2n) is 4.75. The summed E-state index contributed by atoms with van der Waals surface area (Å²) in [7, 11) is -3.93. The number of hydrogen-bond acceptors (Lipinski definition) is 4. The van der Waals surface area contributed by atoms with E-state index in [0.717, 1.165) is 6.07 Å². The first kappa shape index (κ1) is 14.5. The highest BCUT2D eigenvalue weighted by Crippen LogP contribution is 2.37. The van der Waals surface area contributed by atoms with Crippen LogP contribution in [0.5, 0.6) is 5.75 Å². The quantitative estimate of drug-likeness (QED) is 0.871. The number of nitrogens with two attached hydrogens (primary N) is 1. The van der Waals surface area contributed by atoms with Crippen molar-refractivity contribution < 1.29 is 21.8 Å². The normalized spacial score (nSPS) is 15.7. The van der Waals surface area contributed by atoms with Crippen LogP contribution in [0.2, 0.25) is 0 Å². The van der Waals surface area contributed by atoms with Gasteiger partial charge in [-0.25, -0.2) is 4.39 Å². The average molecular weight is 322 g/mol. The second-order valence-corrected chi connectivity index (χ2v) is 6.11. The molecule has 114 valence electrons. The molecule has 6 nitrogen and oxygen atoms in total. The molecule has 0 aliphatic carbocycles. The Labute approximate surface area is 126 Å². The topological polar surface area (TPSA) is 98.5 Å². The number of amides is 1. The largest absolute Gasteiger partial charge is 0.382 e. The summed E-state index contributed by atoms with van der Waals surface area (Å²) >= 11 is 0. The van der Waals surface area contributed by atoms with Crippen molar-refractivity contribution in [2.24, 2.45) is 5.73 Å². The molecule has 3 N–H and O–H groups in total. The molecule has 0 spiro atoms. The maximum atomic E-state index is 13.8. The summed E-state index contributed by atoms with van der Waals surface area (Å²) in [5.74, 6) is -1.13. The van der Waals surface area contributed by atoms with Crippen molar-refractivity contribution >= 4 is 16.2 Å². The van der Waals surface area contributed by atoms with E-state index in [0.29, 0.717) is 11.1 Å². The molecular formula is C14H11FN2O4S. The van der Waals surface area contributed by atoms with Gasteiger partial charge in [-0.05, 0) is 29.8 Å². The third kappa shape index (κ3) is 2.66. The summed E-state index contributed by atoms with van der Waals surface area (Å²) in [4.78, 5) is 11.3. The lowest BCUT2D eigenvalue weighted by Gasteiger charge is -2.21. The van der Waals surface area contributed by atoms with E-state index in [1.807, 2.05) is 0 Å². The zero-order chi connectivity index (χ0) is 15.9. The van der Waals surface area contributed by atoms with Crippen LogP contribution in [-0.2, 0) is 16.8 Å². The standard InChI is InChI=1S/C14H11FN2O4S/c15-11-5-10-7-17-22(19,20)21-13(10)12(6-11)8-2-1-3-9(4-8)14(16)18/h1-6,17H,7H2,(H2,16,18). The molecule has 3 rings (SSSR count). The van der Waals surface area contributed by atoms with Crippen LogP contribution in [0.4, 0.5) is 4.39 Å². The molecule has 0 radical (unpaired) electrons. The molecule has 22 heavy (non-hydrogen) atoms. The van der Waals surface area contributed by atoms with E-state index >= 15 is 0 Å². The molecule has 8 heteroatoms. The van der Waals surface area contributed by atoms with Crippen LogP contribution in [0.25, 0.3) is 11.1 Å². The van der Waals surface area contributed by atoms with E-state index in [9.17, 15) is 17.6 Å². The van der Waals surface area contributed by atoms with E-state index in [1.165, 1.54) is 18.2 Å². The Morgan fingerprint density at radius 2 is 2.05 bits per heavy atom. The average Bonchev–Trinajstić information content (AvgIpc) is 2.46. The molecule has 0 unspecified atom stereocenters. The molecule has 0 bridgehead atoms. The Kier molecular flexibility index (Phi) is 3.34. The minimum Gasteiger partial charge on any atom is -0.370 e. The zero-order valence-electron chi connectivity index (χ0n) is 11.2. The fourth-order valence-corrected chi connectivity index (χ4v) is 3.05. The number of hydrogen-bond donors (Lipinski definition) is 2. The second kappa shape index (κ2) is 5.08. The summed E-state index contributed by atoms with van der Waals surface area (Å²) < 4.78 is 44.0. The molecule has 2 aromatic rings. The number of benzene rings is 2. The molecule has 0 fully saturated rings. The molecule has 1 heterocycles. The number of carbonyl (C=O) groups excluding carboxylic acids is 1. The van der Waals surface area contributed by atoms with Crippen LogP contribution in [-0.4, -0.2) is 14.3 Å². The SMILES string of the molecule is NC(=O)c1cccc(-c2cc(F)cc3c2OS(=O)(=O)NC3)c1. The maximum absolute atomic E-state index is 13.8. The van der Waals surface area contributed by atoms with Gasteiger partial charge in [0.1, 0.15) is 5.82 Å². The number of carbonyl (C=O) groups is 1. The fourth-order valence-electron chi connectivity index (χ4n) is 2.24. The van der Waals surface area contributed by atoms with Crippen LogP contribution in [0, 0.1) is 5.82 Å². The molecule has 0 saturated carbocycles. The molecule has 0 aromatic heterocycles. The minimum atomic E-state index is -3.93. The lowest BCUT2D eigenvalue weighted by molar-refractivity contribution is 0.100. The maximum Gasteiger partial charge on any atom is 0.382 e. The van der Waals surface area contributed by atoms with Crippen LogP contribution >= 0.6 is 0 Å². The van der Waals surface area contributed by atoms with E-state index < -0.39 is 22.0 Å². The molecule has 1 aliphatic rings. The highest BCUT2D eigenvalue weighted by atomic mass is 32.2. The smallest absolute Gasteiger partial charge is 0.370 e. The van der Waals surface area contributed by atoms with Gasteiger partial charge in [-0.3, -0.25) is 4.79 Å². The van der Waals surface area contributed by atoms with Crippen molar-refractivity contribution in [2.45, 2.75) is 6.54 Å². The first-order chi connectivity index (χ1) is 10.4. The van der Waals surface area contributed by atoms with E-state index in [1.54, 1.807) is 12.1 Å². The zero-order valence-corrected chi connectivity index (χ0v) is 12.0. The molecular weight excluding hydrogens is 311 g/mol. The van der Waals surface area contributed by atoms with Gasteiger partial charge >= 0.3 is 10.3 Å². The summed E-state index contributed by atoms with van der Waals surface area (Å²) in [6.07, 6.45) is 0. The number of nitrogens with one attached hydrogen (secondary N) is 1. The molecule has 2 aromatic carbocycles. The van der Waals surface area contributed by atoms with Gasteiger partial charge in [0.15, 0.2) is 5.75 Å². The monoisotopic (exact) mass is 322 g/mol. The highest BCUT2D eigenvalue weighted by molar-refractivity contribution is 7.85. The van der Waals surface area contributed by atoms with Crippen molar-refractivity contribution in [1.82, 2.24) is 4.72 Å². The summed E-state index contributed by atoms with van der Waals surface area (Å²) in [5.41, 5.74) is 6.49. The van der Waals surface area contributed by atoms with Gasteiger partial charge in [0.2, 0.25) is 5.91 Å². The van der Waals surface area contributed by atoms with Gasteiger partial charge in [-0.1, -0.05) is 12.1 Å². The Morgan fingerprint density at radius 1 is 1.27 bits per heavy atom. The summed E-state index contributed by atoms with van der Waals surface area (Å²) in [6, 6.07) is 8.49. The van der Waals surface area contributed by atoms with Crippen molar-refractivity contribution in [3.63, 3.8) is 0 Å². The van der Waals surface area contributed by atoms with Crippen molar-refractivity contribution in [3.05, 3.63) is 53.3 Å². The van der Waals surface area contributed by atoms with Gasteiger partial charge in [-0.2, -0.15) is 13.1 Å². The number of rotatable bonds is 2. The fraction of sp³-hybridized carbons (Fsp3) is 0.0714. The number of halogens is 1. The Balaban J connectivity index is 2.21. The van der Waals surface area contributed by atoms with Crippen molar-refractivity contribution in [1.29, 1.82) is 0 Å². The lowest BCUT2D eigenvalue weighted by Crippen LogP contribution is -2.32. The lowest BCUT2D eigenvalue weighted by atomic mass is 9.99. The third-order valence-electron chi connectivity index (χ3n) is 3.22. The van der Waals surface area contributed by atoms with E-state index in [-0.39, 0.29) is 23.4 Å². The van der Waals surface area contributed by atoms with Crippen LogP contribution in [0.3, 0.4) is 0 Å². The van der Waals surface area contributed by atoms with Crippen molar-refractivity contribution in [2.75, 3.05) is 0 Å². The number of fused-ring (bicyclic) bond motifs is 1. The number of primary amides is 1. The Morgan fingerprint density at radius 3 is 2.77 bits per heavy atom. The Hall–Kier alpha value is -2.45. The summed E-state index contributed by atoms with van der Waals surface area (Å²) in [5, 5.41) is 0. The Bertz CT molecular complexity index is 880. The van der Waals surface area contributed by atoms with Gasteiger partial charge in [-0.15, -0.1) is 0 Å². The van der Waals surface area contributed by atoms with Crippen LogP contribution in [0.15, 0.2) is 36.4 Å². The van der Waals surface area contributed by atoms with Gasteiger partial charge in [0.25, 0.3) is 0 Å². The minimum absolute atomic E-state index is 0.0433. The summed E-state index contributed by atoms with van der Waals surface area (Å²) in [6.45, 7) is -0.0715. The van der Waals surface area contributed by atoms with E-state index in [4.69, 9.17) is 9.92 Å². The van der Waals surface area contributed by atoms with Gasteiger partial charge < -0.3 is 9.92 Å². The molecule has 1 aliphatic heterocycles. The predicted octanol–water partition coefficient (Wildman–Crippen LogP) is 1.32. The molecule has 0 atom stereocenters. The highest BCUT2D eigenvalue weighted by Gasteiger charge is 2.26. The van der Waals surface area contributed by atoms with Gasteiger partial charge in [0.05, 0.1) is 0 Å². The van der Waals surface area contributed by atoms with E-state index in [2.05, 4.69) is 4.72 Å².